The highest BCUT2D eigenvalue weighted by molar-refractivity contribution is 8.00. The van der Waals surface area contributed by atoms with Crippen LogP contribution in [0.1, 0.15) is 27.7 Å². The summed E-state index contributed by atoms with van der Waals surface area (Å²) in [4.78, 5) is 1.17. The first-order chi connectivity index (χ1) is 7.99. The van der Waals surface area contributed by atoms with Gasteiger partial charge in [-0.15, -0.1) is 11.8 Å². The molecule has 0 aliphatic rings. The van der Waals surface area contributed by atoms with Gasteiger partial charge in [0.05, 0.1) is 23.2 Å². The van der Waals surface area contributed by atoms with Gasteiger partial charge in [0.1, 0.15) is 0 Å². The molecule has 0 aromatic carbocycles. The van der Waals surface area contributed by atoms with Crippen LogP contribution in [0.15, 0.2) is 29.4 Å². The molecule has 92 valence electrons. The summed E-state index contributed by atoms with van der Waals surface area (Å²) >= 11 is 1.82. The van der Waals surface area contributed by atoms with Crippen molar-refractivity contribution in [3.05, 3.63) is 24.5 Å². The van der Waals surface area contributed by atoms with Gasteiger partial charge in [-0.25, -0.2) is 4.52 Å². The van der Waals surface area contributed by atoms with E-state index in [2.05, 4.69) is 31.9 Å². The zero-order valence-corrected chi connectivity index (χ0v) is 11.5. The van der Waals surface area contributed by atoms with E-state index in [1.807, 2.05) is 35.5 Å². The van der Waals surface area contributed by atoms with Crippen LogP contribution in [-0.2, 0) is 0 Å². The van der Waals surface area contributed by atoms with E-state index in [1.165, 1.54) is 4.90 Å². The molecule has 0 N–H and O–H groups in total. The van der Waals surface area contributed by atoms with E-state index in [1.54, 1.807) is 6.20 Å². The van der Waals surface area contributed by atoms with Crippen LogP contribution in [0.3, 0.4) is 0 Å². The van der Waals surface area contributed by atoms with Gasteiger partial charge in [0.2, 0.25) is 0 Å². The molecule has 0 aliphatic heterocycles. The van der Waals surface area contributed by atoms with Crippen LogP contribution in [0, 0.1) is 0 Å². The van der Waals surface area contributed by atoms with Crippen molar-refractivity contribution in [2.45, 2.75) is 37.3 Å². The first-order valence-electron chi connectivity index (χ1n) is 5.79. The molecule has 2 rings (SSSR count). The van der Waals surface area contributed by atoms with Crippen molar-refractivity contribution in [3.63, 3.8) is 0 Å². The highest BCUT2D eigenvalue weighted by Gasteiger charge is 2.16. The summed E-state index contributed by atoms with van der Waals surface area (Å²) in [6.07, 6.45) is 3.75. The van der Waals surface area contributed by atoms with Crippen molar-refractivity contribution in [1.82, 2.24) is 9.61 Å². The van der Waals surface area contributed by atoms with Gasteiger partial charge in [0.25, 0.3) is 0 Å². The first kappa shape index (κ1) is 12.3. The number of ether oxygens (including phenoxy) is 1. The number of fused-ring (bicyclic) bond motifs is 1. The van der Waals surface area contributed by atoms with Gasteiger partial charge >= 0.3 is 0 Å². The Labute approximate surface area is 106 Å². The molecule has 0 amide bonds. The lowest BCUT2D eigenvalue weighted by atomic mass is 10.3. The molecule has 0 unspecified atom stereocenters. The van der Waals surface area contributed by atoms with Gasteiger partial charge in [-0.05, 0) is 19.1 Å². The third-order valence-electron chi connectivity index (χ3n) is 2.18. The fourth-order valence-corrected chi connectivity index (χ4v) is 2.65. The Morgan fingerprint density at radius 2 is 2.18 bits per heavy atom. The summed E-state index contributed by atoms with van der Waals surface area (Å²) in [5.74, 6) is 0.906. The molecule has 0 aliphatic carbocycles. The summed E-state index contributed by atoms with van der Waals surface area (Å²) < 4.78 is 7.69. The lowest BCUT2D eigenvalue weighted by Gasteiger charge is -2.20. The smallest absolute Gasteiger partial charge is 0.151 e. The minimum atomic E-state index is 0.171. The maximum absolute atomic E-state index is 5.68. The van der Waals surface area contributed by atoms with Gasteiger partial charge < -0.3 is 4.74 Å². The monoisotopic (exact) mass is 250 g/mol. The third kappa shape index (κ3) is 2.94. The van der Waals surface area contributed by atoms with Crippen LogP contribution in [0.2, 0.25) is 0 Å². The van der Waals surface area contributed by atoms with Crippen molar-refractivity contribution in [3.8, 4) is 5.75 Å². The van der Waals surface area contributed by atoms with Crippen molar-refractivity contribution in [2.75, 3.05) is 6.61 Å². The van der Waals surface area contributed by atoms with E-state index in [4.69, 9.17) is 4.74 Å². The molecule has 0 spiro atoms. The number of pyridine rings is 1. The van der Waals surface area contributed by atoms with E-state index >= 15 is 0 Å². The van der Waals surface area contributed by atoms with Gasteiger partial charge in [-0.1, -0.05) is 20.8 Å². The normalized spacial score (nSPS) is 12.0. The molecule has 0 atom stereocenters. The zero-order chi connectivity index (χ0) is 12.5. The quantitative estimate of drug-likeness (QED) is 0.778. The van der Waals surface area contributed by atoms with Crippen LogP contribution in [0.5, 0.6) is 5.75 Å². The van der Waals surface area contributed by atoms with Gasteiger partial charge in [0, 0.05) is 10.9 Å². The van der Waals surface area contributed by atoms with Crippen LogP contribution >= 0.6 is 11.8 Å². The van der Waals surface area contributed by atoms with Crippen molar-refractivity contribution < 1.29 is 4.74 Å². The Morgan fingerprint density at radius 1 is 1.41 bits per heavy atom. The molecule has 2 aromatic rings. The van der Waals surface area contributed by atoms with Crippen LogP contribution in [0.4, 0.5) is 0 Å². The molecule has 0 radical (unpaired) electrons. The summed E-state index contributed by atoms with van der Waals surface area (Å²) in [6, 6.07) is 4.14. The minimum Gasteiger partial charge on any atom is -0.491 e. The highest BCUT2D eigenvalue weighted by Crippen LogP contribution is 2.38. The molecule has 3 nitrogen and oxygen atoms in total. The second-order valence-electron chi connectivity index (χ2n) is 4.85. The number of nitrogens with zero attached hydrogens (tertiary/aromatic N) is 2. The van der Waals surface area contributed by atoms with Crippen molar-refractivity contribution >= 4 is 17.3 Å². The molecule has 0 fully saturated rings. The molecule has 4 heteroatoms. The van der Waals surface area contributed by atoms with Gasteiger partial charge in [0.15, 0.2) is 5.75 Å². The molecular weight excluding hydrogens is 232 g/mol. The van der Waals surface area contributed by atoms with Crippen molar-refractivity contribution in [2.24, 2.45) is 0 Å². The zero-order valence-electron chi connectivity index (χ0n) is 10.7. The summed E-state index contributed by atoms with van der Waals surface area (Å²) in [5.41, 5.74) is 1.10. The predicted molar refractivity (Wildman–Crippen MR) is 72.0 cm³/mol. The predicted octanol–water partition coefficient (Wildman–Crippen LogP) is 3.62. The summed E-state index contributed by atoms with van der Waals surface area (Å²) in [5, 5.41) is 4.23. The van der Waals surface area contributed by atoms with E-state index in [0.29, 0.717) is 6.61 Å². The number of hydrogen-bond acceptors (Lipinski definition) is 3. The third-order valence-corrected chi connectivity index (χ3v) is 3.33. The number of rotatable bonds is 3. The molecule has 2 heterocycles. The molecule has 0 saturated heterocycles. The Hall–Kier alpha value is -1.16. The fraction of sp³-hybridized carbons (Fsp3) is 0.462. The lowest BCUT2D eigenvalue weighted by Crippen LogP contribution is -2.08. The van der Waals surface area contributed by atoms with Crippen LogP contribution in [-0.4, -0.2) is 21.0 Å². The summed E-state index contributed by atoms with van der Waals surface area (Å²) in [6.45, 7) is 9.28. The maximum Gasteiger partial charge on any atom is 0.151 e. The summed E-state index contributed by atoms with van der Waals surface area (Å²) in [7, 11) is 0. The minimum absolute atomic E-state index is 0.171. The molecule has 0 bridgehead atoms. The van der Waals surface area contributed by atoms with Gasteiger partial charge in [-0.2, -0.15) is 5.10 Å². The number of thioether (sulfide) groups is 1. The number of aromatic nitrogens is 2. The molecule has 17 heavy (non-hydrogen) atoms. The topological polar surface area (TPSA) is 26.5 Å². The Bertz CT molecular complexity index is 514. The molecular formula is C13H18N2OS. The fourth-order valence-electron chi connectivity index (χ4n) is 1.60. The first-order valence-corrected chi connectivity index (χ1v) is 6.60. The SMILES string of the molecule is CCOc1cn2nccc2cc1SC(C)(C)C. The average Bonchev–Trinajstić information content (AvgIpc) is 2.63. The maximum atomic E-state index is 5.68. The van der Waals surface area contributed by atoms with Crippen molar-refractivity contribution in [1.29, 1.82) is 0 Å². The number of hydrogen-bond donors (Lipinski definition) is 0. The van der Waals surface area contributed by atoms with E-state index < -0.39 is 0 Å². The average molecular weight is 250 g/mol. The molecule has 0 saturated carbocycles. The largest absolute Gasteiger partial charge is 0.491 e. The Morgan fingerprint density at radius 3 is 2.82 bits per heavy atom. The second kappa shape index (κ2) is 4.61. The van der Waals surface area contributed by atoms with Crippen LogP contribution in [0.25, 0.3) is 5.52 Å². The van der Waals surface area contributed by atoms with E-state index in [-0.39, 0.29) is 4.75 Å². The van der Waals surface area contributed by atoms with E-state index in [9.17, 15) is 0 Å². The lowest BCUT2D eigenvalue weighted by molar-refractivity contribution is 0.330. The second-order valence-corrected chi connectivity index (χ2v) is 6.72. The van der Waals surface area contributed by atoms with Gasteiger partial charge in [-0.3, -0.25) is 0 Å². The Balaban J connectivity index is 2.45. The van der Waals surface area contributed by atoms with Crippen LogP contribution < -0.4 is 4.74 Å². The Kier molecular flexibility index (Phi) is 3.33. The molecule has 2 aromatic heterocycles. The highest BCUT2D eigenvalue weighted by atomic mass is 32.2. The van der Waals surface area contributed by atoms with E-state index in [0.717, 1.165) is 11.3 Å². The standard InChI is InChI=1S/C13H18N2OS/c1-5-16-11-9-15-10(6-7-14-15)8-12(11)17-13(2,3)4/h6-9H,5H2,1-4H3.